The monoisotopic (exact) mass is 319 g/mol. The maximum Gasteiger partial charge on any atom is 0.305 e. The van der Waals surface area contributed by atoms with Crippen molar-refractivity contribution in [2.45, 2.75) is 12.5 Å². The van der Waals surface area contributed by atoms with Gasteiger partial charge in [0.25, 0.3) is 0 Å². The van der Waals surface area contributed by atoms with Crippen molar-refractivity contribution in [1.82, 2.24) is 5.32 Å². The van der Waals surface area contributed by atoms with Crippen LogP contribution in [0.15, 0.2) is 47.2 Å². The molecule has 0 saturated heterocycles. The maximum atomic E-state index is 12.9. The summed E-state index contributed by atoms with van der Waals surface area (Å²) in [5, 5.41) is 15.4. The first-order chi connectivity index (χ1) is 10.5. The first-order valence-corrected chi connectivity index (χ1v) is 7.47. The van der Waals surface area contributed by atoms with E-state index in [1.807, 2.05) is 16.8 Å². The number of carboxylic acids is 1. The van der Waals surface area contributed by atoms with E-state index in [0.29, 0.717) is 5.56 Å². The number of halogens is 1. The van der Waals surface area contributed by atoms with Gasteiger partial charge in [0.1, 0.15) is 5.82 Å². The number of benzene rings is 1. The Labute approximate surface area is 130 Å². The van der Waals surface area contributed by atoms with Crippen LogP contribution in [0.1, 0.15) is 23.6 Å². The molecule has 4 nitrogen and oxygen atoms in total. The van der Waals surface area contributed by atoms with Crippen molar-refractivity contribution in [2.75, 3.05) is 0 Å². The summed E-state index contributed by atoms with van der Waals surface area (Å²) in [5.41, 5.74) is 1.44. The van der Waals surface area contributed by atoms with Gasteiger partial charge in [0.15, 0.2) is 0 Å². The molecule has 0 aliphatic heterocycles. The van der Waals surface area contributed by atoms with Crippen molar-refractivity contribution in [2.24, 2.45) is 0 Å². The van der Waals surface area contributed by atoms with E-state index in [1.54, 1.807) is 6.08 Å². The fourth-order valence-corrected chi connectivity index (χ4v) is 2.51. The molecule has 2 rings (SSSR count). The summed E-state index contributed by atoms with van der Waals surface area (Å²) in [4.78, 5) is 22.8. The molecule has 0 saturated carbocycles. The van der Waals surface area contributed by atoms with E-state index in [9.17, 15) is 14.0 Å². The van der Waals surface area contributed by atoms with Crippen molar-refractivity contribution in [3.05, 3.63) is 64.1 Å². The molecule has 0 radical (unpaired) electrons. The molecule has 0 spiro atoms. The zero-order chi connectivity index (χ0) is 15.9. The van der Waals surface area contributed by atoms with Crippen LogP contribution in [0.2, 0.25) is 0 Å². The van der Waals surface area contributed by atoms with Crippen LogP contribution in [0.25, 0.3) is 6.08 Å². The normalized spacial score (nSPS) is 12.2. The Bertz CT molecular complexity index is 665. The maximum absolute atomic E-state index is 12.9. The van der Waals surface area contributed by atoms with Crippen molar-refractivity contribution < 1.29 is 19.1 Å². The fourth-order valence-electron chi connectivity index (χ4n) is 1.88. The van der Waals surface area contributed by atoms with Gasteiger partial charge in [0, 0.05) is 6.08 Å². The van der Waals surface area contributed by atoms with Gasteiger partial charge in [-0.25, -0.2) is 4.39 Å². The summed E-state index contributed by atoms with van der Waals surface area (Å²) in [5.74, 6) is -1.86. The molecule has 1 aromatic carbocycles. The molecule has 1 amide bonds. The zero-order valence-corrected chi connectivity index (χ0v) is 12.3. The third-order valence-corrected chi connectivity index (χ3v) is 3.64. The highest BCUT2D eigenvalue weighted by Gasteiger charge is 2.17. The number of nitrogens with one attached hydrogen (secondary N) is 1. The highest BCUT2D eigenvalue weighted by Crippen LogP contribution is 2.17. The van der Waals surface area contributed by atoms with Gasteiger partial charge in [-0.05, 0) is 46.2 Å². The average molecular weight is 319 g/mol. The number of hydrogen-bond donors (Lipinski definition) is 2. The Morgan fingerprint density at radius 3 is 2.59 bits per heavy atom. The number of carbonyl (C=O) groups excluding carboxylic acids is 1. The molecule has 6 heteroatoms. The second-order valence-electron chi connectivity index (χ2n) is 4.60. The lowest BCUT2D eigenvalue weighted by Crippen LogP contribution is -2.28. The minimum absolute atomic E-state index is 0.274. The van der Waals surface area contributed by atoms with Gasteiger partial charge in [-0.15, -0.1) is 0 Å². The molecule has 2 aromatic rings. The van der Waals surface area contributed by atoms with Crippen LogP contribution in [0.4, 0.5) is 4.39 Å². The molecule has 0 aliphatic rings. The van der Waals surface area contributed by atoms with E-state index < -0.39 is 23.7 Å². The quantitative estimate of drug-likeness (QED) is 0.803. The van der Waals surface area contributed by atoms with Gasteiger partial charge in [0.2, 0.25) is 5.91 Å². The summed E-state index contributed by atoms with van der Waals surface area (Å²) in [6.45, 7) is 0. The molecule has 1 aromatic heterocycles. The van der Waals surface area contributed by atoms with Gasteiger partial charge >= 0.3 is 5.97 Å². The topological polar surface area (TPSA) is 66.4 Å². The first kappa shape index (κ1) is 15.9. The minimum Gasteiger partial charge on any atom is -0.481 e. The largest absolute Gasteiger partial charge is 0.481 e. The number of amides is 1. The molecule has 1 unspecified atom stereocenters. The van der Waals surface area contributed by atoms with Crippen LogP contribution in [0.3, 0.4) is 0 Å². The molecule has 22 heavy (non-hydrogen) atoms. The van der Waals surface area contributed by atoms with Crippen LogP contribution >= 0.6 is 11.3 Å². The molecule has 0 aliphatic carbocycles. The molecule has 114 valence electrons. The predicted molar refractivity (Wildman–Crippen MR) is 82.9 cm³/mol. The van der Waals surface area contributed by atoms with Gasteiger partial charge in [-0.2, -0.15) is 11.3 Å². The number of thiophene rings is 1. The van der Waals surface area contributed by atoms with E-state index >= 15 is 0 Å². The Hall–Kier alpha value is -2.47. The van der Waals surface area contributed by atoms with Crippen molar-refractivity contribution in [3.8, 4) is 0 Å². The van der Waals surface area contributed by atoms with E-state index in [4.69, 9.17) is 5.11 Å². The second kappa shape index (κ2) is 7.51. The second-order valence-corrected chi connectivity index (χ2v) is 5.38. The summed E-state index contributed by atoms with van der Waals surface area (Å²) < 4.78 is 12.9. The number of aliphatic carboxylic acids is 1. The Morgan fingerprint density at radius 1 is 1.27 bits per heavy atom. The molecule has 1 atom stereocenters. The Balaban J connectivity index is 2.07. The highest BCUT2D eigenvalue weighted by molar-refractivity contribution is 7.08. The summed E-state index contributed by atoms with van der Waals surface area (Å²) in [7, 11) is 0. The van der Waals surface area contributed by atoms with Crippen LogP contribution in [-0.4, -0.2) is 17.0 Å². The number of carboxylic acid groups (broad SMARTS) is 1. The van der Waals surface area contributed by atoms with Gasteiger partial charge < -0.3 is 10.4 Å². The van der Waals surface area contributed by atoms with Crippen LogP contribution in [0.5, 0.6) is 0 Å². The molecular formula is C16H14FNO3S. The average Bonchev–Trinajstić information content (AvgIpc) is 2.98. The van der Waals surface area contributed by atoms with Crippen molar-refractivity contribution in [3.63, 3.8) is 0 Å². The Kier molecular flexibility index (Phi) is 5.43. The van der Waals surface area contributed by atoms with Crippen LogP contribution in [0, 0.1) is 5.82 Å². The van der Waals surface area contributed by atoms with Crippen LogP contribution in [-0.2, 0) is 9.59 Å². The molecule has 0 fully saturated rings. The van der Waals surface area contributed by atoms with E-state index in [0.717, 1.165) is 5.56 Å². The van der Waals surface area contributed by atoms with Crippen molar-refractivity contribution in [1.29, 1.82) is 0 Å². The predicted octanol–water partition coefficient (Wildman–Crippen LogP) is 3.23. The van der Waals surface area contributed by atoms with E-state index in [1.165, 1.54) is 41.7 Å². The number of carbonyl (C=O) groups is 2. The third-order valence-electron chi connectivity index (χ3n) is 2.94. The number of rotatable bonds is 6. The zero-order valence-electron chi connectivity index (χ0n) is 11.5. The van der Waals surface area contributed by atoms with E-state index in [-0.39, 0.29) is 6.42 Å². The highest BCUT2D eigenvalue weighted by atomic mass is 32.1. The van der Waals surface area contributed by atoms with Gasteiger partial charge in [-0.3, -0.25) is 9.59 Å². The van der Waals surface area contributed by atoms with Gasteiger partial charge in [-0.1, -0.05) is 12.1 Å². The summed E-state index contributed by atoms with van der Waals surface area (Å²) in [6.07, 6.45) is 2.72. The lowest BCUT2D eigenvalue weighted by Gasteiger charge is -2.16. The Morgan fingerprint density at radius 2 is 2.00 bits per heavy atom. The molecule has 2 N–H and O–H groups in total. The van der Waals surface area contributed by atoms with E-state index in [2.05, 4.69) is 5.32 Å². The molecule has 1 heterocycles. The van der Waals surface area contributed by atoms with Crippen LogP contribution < -0.4 is 5.32 Å². The van der Waals surface area contributed by atoms with Crippen molar-refractivity contribution >= 4 is 29.3 Å². The number of hydrogen-bond acceptors (Lipinski definition) is 3. The fraction of sp³-hybridized carbons (Fsp3) is 0.125. The third kappa shape index (κ3) is 4.82. The smallest absolute Gasteiger partial charge is 0.305 e. The summed E-state index contributed by atoms with van der Waals surface area (Å²) >= 11 is 1.52. The standard InChI is InChI=1S/C16H14FNO3S/c17-13-4-2-12(3-5-13)14(9-16(20)21)18-15(19)6-1-11-7-8-22-10-11/h1-8,10,14H,9H2,(H,18,19)(H,20,21). The minimum atomic E-state index is -1.04. The molecule has 0 bridgehead atoms. The lowest BCUT2D eigenvalue weighted by molar-refractivity contribution is -0.137. The SMILES string of the molecule is O=C(O)CC(NC(=O)C=Cc1ccsc1)c1ccc(F)cc1. The summed E-state index contributed by atoms with van der Waals surface area (Å²) in [6, 6.07) is 6.55. The first-order valence-electron chi connectivity index (χ1n) is 6.52. The van der Waals surface area contributed by atoms with Gasteiger partial charge in [0.05, 0.1) is 12.5 Å². The molecular weight excluding hydrogens is 305 g/mol. The lowest BCUT2D eigenvalue weighted by atomic mass is 10.0.